The van der Waals surface area contributed by atoms with Gasteiger partial charge < -0.3 is 10.6 Å². The zero-order chi connectivity index (χ0) is 20.8. The van der Waals surface area contributed by atoms with Gasteiger partial charge in [-0.05, 0) is 62.4 Å². The van der Waals surface area contributed by atoms with E-state index in [-0.39, 0.29) is 16.5 Å². The molecule has 8 heteroatoms. The van der Waals surface area contributed by atoms with Crippen molar-refractivity contribution in [1.82, 2.24) is 15.5 Å². The Labute approximate surface area is 185 Å². The fraction of sp³-hybridized carbons (Fsp3) is 0.429. The second kappa shape index (κ2) is 10.4. The zero-order valence-electron chi connectivity index (χ0n) is 16.3. The quantitative estimate of drug-likeness (QED) is 0.659. The molecule has 2 amide bonds. The van der Waals surface area contributed by atoms with Crippen molar-refractivity contribution >= 4 is 46.4 Å². The van der Waals surface area contributed by atoms with E-state index < -0.39 is 11.9 Å². The summed E-state index contributed by atoms with van der Waals surface area (Å²) in [7, 11) is 0. The predicted molar refractivity (Wildman–Crippen MR) is 119 cm³/mol. The van der Waals surface area contributed by atoms with E-state index >= 15 is 0 Å². The maximum atomic E-state index is 12.4. The molecule has 5 nitrogen and oxygen atoms in total. The maximum Gasteiger partial charge on any atom is 0.253 e. The van der Waals surface area contributed by atoms with Crippen molar-refractivity contribution in [3.8, 4) is 0 Å². The minimum Gasteiger partial charge on any atom is -0.354 e. The number of piperidine rings is 1. The fourth-order valence-corrected chi connectivity index (χ4v) is 4.52. The Bertz CT molecular complexity index is 836. The van der Waals surface area contributed by atoms with Gasteiger partial charge in [-0.2, -0.15) is 0 Å². The van der Waals surface area contributed by atoms with E-state index in [0.29, 0.717) is 17.5 Å². The molecule has 0 spiro atoms. The normalized spacial score (nSPS) is 16.4. The van der Waals surface area contributed by atoms with Gasteiger partial charge in [-0.25, -0.2) is 0 Å². The van der Waals surface area contributed by atoms with Crippen LogP contribution in [0.1, 0.15) is 35.0 Å². The molecule has 2 aromatic rings. The molecule has 1 unspecified atom stereocenters. The average Bonchev–Trinajstić information content (AvgIpc) is 3.22. The minimum atomic E-state index is -0.656. The zero-order valence-corrected chi connectivity index (χ0v) is 18.6. The molecule has 1 aromatic carbocycles. The molecule has 1 saturated heterocycles. The van der Waals surface area contributed by atoms with Crippen LogP contribution >= 0.6 is 34.5 Å². The van der Waals surface area contributed by atoms with E-state index in [0.717, 1.165) is 32.5 Å². The van der Waals surface area contributed by atoms with Crippen molar-refractivity contribution in [2.75, 3.05) is 19.6 Å². The number of hydrogen-bond donors (Lipinski definition) is 2. The molecule has 1 aliphatic rings. The first-order valence-corrected chi connectivity index (χ1v) is 11.3. The number of nitrogens with zero attached hydrogens (tertiary/aromatic N) is 1. The summed E-state index contributed by atoms with van der Waals surface area (Å²) >= 11 is 13.8. The van der Waals surface area contributed by atoms with Crippen LogP contribution in [0.4, 0.5) is 0 Å². The Morgan fingerprint density at radius 1 is 1.21 bits per heavy atom. The van der Waals surface area contributed by atoms with Gasteiger partial charge in [-0.3, -0.25) is 14.5 Å². The summed E-state index contributed by atoms with van der Waals surface area (Å²) in [5.41, 5.74) is 0.261. The predicted octanol–water partition coefficient (Wildman–Crippen LogP) is 4.20. The first-order chi connectivity index (χ1) is 13.9. The average molecular weight is 454 g/mol. The van der Waals surface area contributed by atoms with Gasteiger partial charge in [0.25, 0.3) is 5.91 Å². The monoisotopic (exact) mass is 453 g/mol. The van der Waals surface area contributed by atoms with Crippen LogP contribution in [0.3, 0.4) is 0 Å². The first-order valence-electron chi connectivity index (χ1n) is 9.71. The van der Waals surface area contributed by atoms with E-state index in [4.69, 9.17) is 23.2 Å². The lowest BCUT2D eigenvalue weighted by molar-refractivity contribution is -0.122. The fourth-order valence-electron chi connectivity index (χ4n) is 3.39. The highest BCUT2D eigenvalue weighted by Crippen LogP contribution is 2.25. The lowest BCUT2D eigenvalue weighted by Crippen LogP contribution is -2.47. The van der Waals surface area contributed by atoms with Crippen molar-refractivity contribution in [1.29, 1.82) is 0 Å². The summed E-state index contributed by atoms with van der Waals surface area (Å²) in [6.45, 7) is 5.38. The Balaban J connectivity index is 1.40. The van der Waals surface area contributed by atoms with E-state index in [2.05, 4.69) is 33.0 Å². The number of halogens is 2. The SMILES string of the molecule is CC(NC(=O)c1cccc(Cl)c1Cl)C(=O)NCC1CCN(Cc2cccs2)CC1. The van der Waals surface area contributed by atoms with Crippen LogP contribution in [0, 0.1) is 5.92 Å². The molecule has 3 rings (SSSR count). The maximum absolute atomic E-state index is 12.4. The molecule has 29 heavy (non-hydrogen) atoms. The van der Waals surface area contributed by atoms with Crippen molar-refractivity contribution in [2.24, 2.45) is 5.92 Å². The number of benzene rings is 1. The standard InChI is InChI=1S/C21H25Cl2N3O2S/c1-14(25-21(28)17-5-2-6-18(22)19(17)23)20(27)24-12-15-7-9-26(10-8-15)13-16-4-3-11-29-16/h2-6,11,14-15H,7-10,12-13H2,1H3,(H,24,27)(H,25,28). The molecule has 1 aliphatic heterocycles. The van der Waals surface area contributed by atoms with Gasteiger partial charge in [-0.1, -0.05) is 35.3 Å². The van der Waals surface area contributed by atoms with Gasteiger partial charge in [-0.15, -0.1) is 11.3 Å². The molecule has 1 fully saturated rings. The number of hydrogen-bond acceptors (Lipinski definition) is 4. The first kappa shape index (κ1) is 22.1. The highest BCUT2D eigenvalue weighted by Gasteiger charge is 2.22. The summed E-state index contributed by atoms with van der Waals surface area (Å²) in [6.07, 6.45) is 2.12. The van der Waals surface area contributed by atoms with E-state index in [9.17, 15) is 9.59 Å². The van der Waals surface area contributed by atoms with Gasteiger partial charge in [0, 0.05) is 18.0 Å². The molecule has 2 N–H and O–H groups in total. The van der Waals surface area contributed by atoms with Crippen molar-refractivity contribution in [2.45, 2.75) is 32.4 Å². The van der Waals surface area contributed by atoms with Gasteiger partial charge >= 0.3 is 0 Å². The Morgan fingerprint density at radius 2 is 1.97 bits per heavy atom. The smallest absolute Gasteiger partial charge is 0.253 e. The summed E-state index contributed by atoms with van der Waals surface area (Å²) < 4.78 is 0. The van der Waals surface area contributed by atoms with Crippen LogP contribution in [-0.4, -0.2) is 42.4 Å². The molecular formula is C21H25Cl2N3O2S. The van der Waals surface area contributed by atoms with Gasteiger partial charge in [0.2, 0.25) is 5.91 Å². The molecule has 1 atom stereocenters. The van der Waals surface area contributed by atoms with Gasteiger partial charge in [0.15, 0.2) is 0 Å². The van der Waals surface area contributed by atoms with E-state index in [1.807, 2.05) is 0 Å². The Morgan fingerprint density at radius 3 is 2.66 bits per heavy atom. The van der Waals surface area contributed by atoms with E-state index in [1.54, 1.807) is 36.5 Å². The van der Waals surface area contributed by atoms with Crippen LogP contribution < -0.4 is 10.6 Å². The molecule has 0 radical (unpaired) electrons. The Hall–Kier alpha value is -1.60. The molecule has 1 aromatic heterocycles. The second-order valence-electron chi connectivity index (χ2n) is 7.34. The van der Waals surface area contributed by atoms with Crippen LogP contribution in [0.5, 0.6) is 0 Å². The molecule has 0 saturated carbocycles. The number of thiophene rings is 1. The molecular weight excluding hydrogens is 429 g/mol. The number of amides is 2. The lowest BCUT2D eigenvalue weighted by atomic mass is 9.96. The van der Waals surface area contributed by atoms with Crippen LogP contribution in [-0.2, 0) is 11.3 Å². The lowest BCUT2D eigenvalue weighted by Gasteiger charge is -2.31. The van der Waals surface area contributed by atoms with Gasteiger partial charge in [0.1, 0.15) is 6.04 Å². The third kappa shape index (κ3) is 6.19. The van der Waals surface area contributed by atoms with E-state index in [1.165, 1.54) is 4.88 Å². The van der Waals surface area contributed by atoms with Crippen molar-refractivity contribution < 1.29 is 9.59 Å². The number of carbonyl (C=O) groups is 2. The number of rotatable bonds is 7. The summed E-state index contributed by atoms with van der Waals surface area (Å²) in [5, 5.41) is 8.25. The van der Waals surface area contributed by atoms with Crippen LogP contribution in [0.25, 0.3) is 0 Å². The third-order valence-corrected chi connectivity index (χ3v) is 6.85. The van der Waals surface area contributed by atoms with Gasteiger partial charge in [0.05, 0.1) is 15.6 Å². The summed E-state index contributed by atoms with van der Waals surface area (Å²) in [6, 6.07) is 8.45. The molecule has 0 bridgehead atoms. The number of likely N-dealkylation sites (tertiary alicyclic amines) is 1. The number of nitrogens with one attached hydrogen (secondary N) is 2. The molecule has 2 heterocycles. The minimum absolute atomic E-state index is 0.189. The second-order valence-corrected chi connectivity index (χ2v) is 9.16. The number of carbonyl (C=O) groups excluding carboxylic acids is 2. The summed E-state index contributed by atoms with van der Waals surface area (Å²) in [5.74, 6) is -0.150. The van der Waals surface area contributed by atoms with Crippen LogP contribution in [0.2, 0.25) is 10.0 Å². The largest absolute Gasteiger partial charge is 0.354 e. The van der Waals surface area contributed by atoms with Crippen molar-refractivity contribution in [3.05, 3.63) is 56.2 Å². The van der Waals surface area contributed by atoms with Crippen molar-refractivity contribution in [3.63, 3.8) is 0 Å². The highest BCUT2D eigenvalue weighted by atomic mass is 35.5. The topological polar surface area (TPSA) is 61.4 Å². The highest BCUT2D eigenvalue weighted by molar-refractivity contribution is 7.09. The molecule has 156 valence electrons. The summed E-state index contributed by atoms with van der Waals surface area (Å²) in [4.78, 5) is 28.6. The van der Waals surface area contributed by atoms with Crippen LogP contribution in [0.15, 0.2) is 35.7 Å². The Kier molecular flexibility index (Phi) is 7.95. The molecule has 0 aliphatic carbocycles. The third-order valence-electron chi connectivity index (χ3n) is 5.17.